The third kappa shape index (κ3) is 4.73. The third-order valence-electron chi connectivity index (χ3n) is 3.25. The zero-order valence-corrected chi connectivity index (χ0v) is 12.3. The van der Waals surface area contributed by atoms with Crippen molar-refractivity contribution < 1.29 is 17.9 Å². The molecule has 2 rings (SSSR count). The Morgan fingerprint density at radius 2 is 1.68 bits per heavy atom. The van der Waals surface area contributed by atoms with Gasteiger partial charge in [-0.1, -0.05) is 18.2 Å². The molecule has 1 N–H and O–H groups in total. The predicted molar refractivity (Wildman–Crippen MR) is 77.3 cm³/mol. The molecule has 1 aromatic carbocycles. The van der Waals surface area contributed by atoms with E-state index < -0.39 is 6.36 Å². The Hall–Kier alpha value is -2.08. The first kappa shape index (κ1) is 16.3. The first-order chi connectivity index (χ1) is 10.3. The highest BCUT2D eigenvalue weighted by molar-refractivity contribution is 5.29. The molecule has 3 nitrogen and oxygen atoms in total. The van der Waals surface area contributed by atoms with Crippen LogP contribution in [-0.2, 0) is 0 Å². The van der Waals surface area contributed by atoms with Crippen LogP contribution in [0.5, 0.6) is 5.75 Å². The highest BCUT2D eigenvalue weighted by Gasteiger charge is 2.31. The van der Waals surface area contributed by atoms with Gasteiger partial charge in [0.25, 0.3) is 0 Å². The number of rotatable bonds is 5. The number of hydrogen-bond acceptors (Lipinski definition) is 3. The maximum atomic E-state index is 12.1. The summed E-state index contributed by atoms with van der Waals surface area (Å²) >= 11 is 0. The second-order valence-electron chi connectivity index (χ2n) is 4.98. The average Bonchev–Trinajstić information content (AvgIpc) is 2.47. The molecule has 1 heterocycles. The highest BCUT2D eigenvalue weighted by atomic mass is 19.4. The largest absolute Gasteiger partial charge is 0.573 e. The number of alkyl halides is 3. The molecule has 0 fully saturated rings. The van der Waals surface area contributed by atoms with E-state index in [0.29, 0.717) is 0 Å². The fraction of sp³-hybridized carbons (Fsp3) is 0.312. The summed E-state index contributed by atoms with van der Waals surface area (Å²) in [6.45, 7) is 3.93. The zero-order valence-electron chi connectivity index (χ0n) is 12.3. The lowest BCUT2D eigenvalue weighted by Gasteiger charge is -2.20. The summed E-state index contributed by atoms with van der Waals surface area (Å²) in [6, 6.07) is 11.5. The second-order valence-corrected chi connectivity index (χ2v) is 4.98. The summed E-state index contributed by atoms with van der Waals surface area (Å²) < 4.78 is 40.2. The molecule has 0 spiro atoms. The van der Waals surface area contributed by atoms with Crippen LogP contribution in [0.2, 0.25) is 0 Å². The molecule has 0 amide bonds. The molecule has 0 bridgehead atoms. The molecule has 0 aliphatic rings. The summed E-state index contributed by atoms with van der Waals surface area (Å²) in [5.41, 5.74) is 1.78. The van der Waals surface area contributed by atoms with Gasteiger partial charge in [0.2, 0.25) is 0 Å². The smallest absolute Gasteiger partial charge is 0.406 e. The fourth-order valence-corrected chi connectivity index (χ4v) is 2.15. The van der Waals surface area contributed by atoms with Crippen molar-refractivity contribution in [3.8, 4) is 5.75 Å². The minimum Gasteiger partial charge on any atom is -0.406 e. The molecule has 118 valence electrons. The van der Waals surface area contributed by atoms with Crippen molar-refractivity contribution in [1.29, 1.82) is 0 Å². The van der Waals surface area contributed by atoms with Gasteiger partial charge in [0.05, 0.1) is 5.69 Å². The first-order valence-corrected chi connectivity index (χ1v) is 6.88. The number of halogens is 3. The van der Waals surface area contributed by atoms with E-state index in [2.05, 4.69) is 15.0 Å². The fourth-order valence-electron chi connectivity index (χ4n) is 2.15. The highest BCUT2D eigenvalue weighted by Crippen LogP contribution is 2.25. The molecule has 22 heavy (non-hydrogen) atoms. The van der Waals surface area contributed by atoms with Crippen LogP contribution in [0.15, 0.2) is 48.7 Å². The summed E-state index contributed by atoms with van der Waals surface area (Å²) in [5, 5.41) is 3.35. The number of hydrogen-bond donors (Lipinski definition) is 1. The van der Waals surface area contributed by atoms with Crippen LogP contribution in [-0.4, -0.2) is 11.3 Å². The van der Waals surface area contributed by atoms with Gasteiger partial charge in [-0.3, -0.25) is 4.98 Å². The van der Waals surface area contributed by atoms with Crippen LogP contribution in [0, 0.1) is 0 Å². The molecule has 2 aromatic rings. The van der Waals surface area contributed by atoms with Gasteiger partial charge in [0.15, 0.2) is 0 Å². The molecule has 0 saturated heterocycles. The normalized spacial score (nSPS) is 14.4. The quantitative estimate of drug-likeness (QED) is 0.889. The van der Waals surface area contributed by atoms with Crippen LogP contribution in [0.4, 0.5) is 13.2 Å². The van der Waals surface area contributed by atoms with Crippen molar-refractivity contribution in [1.82, 2.24) is 10.3 Å². The molecule has 0 aliphatic carbocycles. The van der Waals surface area contributed by atoms with Crippen molar-refractivity contribution in [3.63, 3.8) is 0 Å². The molecular weight excluding hydrogens is 293 g/mol. The number of nitrogens with one attached hydrogen (secondary N) is 1. The number of nitrogens with zero attached hydrogens (tertiary/aromatic N) is 1. The monoisotopic (exact) mass is 310 g/mol. The van der Waals surface area contributed by atoms with E-state index in [9.17, 15) is 13.2 Å². The second kappa shape index (κ2) is 6.79. The van der Waals surface area contributed by atoms with E-state index in [1.165, 1.54) is 12.1 Å². The lowest BCUT2D eigenvalue weighted by atomic mass is 10.1. The molecule has 2 unspecified atom stereocenters. The Labute approximate surface area is 127 Å². The minimum absolute atomic E-state index is 0.0299. The number of benzene rings is 1. The number of aromatic nitrogens is 1. The molecular formula is C16H17F3N2O. The lowest BCUT2D eigenvalue weighted by Crippen LogP contribution is -2.23. The number of pyridine rings is 1. The van der Waals surface area contributed by atoms with Crippen molar-refractivity contribution in [3.05, 3.63) is 59.9 Å². The van der Waals surface area contributed by atoms with Crippen LogP contribution < -0.4 is 10.1 Å². The van der Waals surface area contributed by atoms with E-state index in [0.717, 1.165) is 11.3 Å². The SMILES string of the molecule is CC(NC(C)c1ccccn1)c1ccc(OC(F)(F)F)cc1. The lowest BCUT2D eigenvalue weighted by molar-refractivity contribution is -0.274. The summed E-state index contributed by atoms with van der Waals surface area (Å²) in [5.74, 6) is -0.221. The Morgan fingerprint density at radius 1 is 1.00 bits per heavy atom. The zero-order chi connectivity index (χ0) is 16.2. The van der Waals surface area contributed by atoms with Crippen LogP contribution >= 0.6 is 0 Å². The van der Waals surface area contributed by atoms with Crippen molar-refractivity contribution >= 4 is 0 Å². The molecule has 0 radical (unpaired) electrons. The Kier molecular flexibility index (Phi) is 5.03. The van der Waals surface area contributed by atoms with Crippen LogP contribution in [0.3, 0.4) is 0 Å². The van der Waals surface area contributed by atoms with Crippen molar-refractivity contribution in [2.24, 2.45) is 0 Å². The topological polar surface area (TPSA) is 34.2 Å². The maximum Gasteiger partial charge on any atom is 0.573 e. The third-order valence-corrected chi connectivity index (χ3v) is 3.25. The maximum absolute atomic E-state index is 12.1. The van der Waals surface area contributed by atoms with E-state index in [-0.39, 0.29) is 17.8 Å². The van der Waals surface area contributed by atoms with Gasteiger partial charge in [0.1, 0.15) is 5.75 Å². The minimum atomic E-state index is -4.67. The standard InChI is InChI=1S/C16H17F3N2O/c1-11(21-12(2)15-5-3-4-10-20-15)13-6-8-14(9-7-13)22-16(17,18)19/h3-12,21H,1-2H3. The Balaban J connectivity index is 1.99. The van der Waals surface area contributed by atoms with Gasteiger partial charge in [-0.25, -0.2) is 0 Å². The van der Waals surface area contributed by atoms with Crippen LogP contribution in [0.25, 0.3) is 0 Å². The Morgan fingerprint density at radius 3 is 2.23 bits per heavy atom. The van der Waals surface area contributed by atoms with E-state index in [4.69, 9.17) is 0 Å². The van der Waals surface area contributed by atoms with Crippen molar-refractivity contribution in [2.45, 2.75) is 32.3 Å². The first-order valence-electron chi connectivity index (χ1n) is 6.88. The van der Waals surface area contributed by atoms with Crippen molar-refractivity contribution in [2.75, 3.05) is 0 Å². The summed E-state index contributed by atoms with van der Waals surface area (Å²) in [4.78, 5) is 4.27. The van der Waals surface area contributed by atoms with Gasteiger partial charge in [0, 0.05) is 18.3 Å². The van der Waals surface area contributed by atoms with Crippen LogP contribution in [0.1, 0.15) is 37.2 Å². The van der Waals surface area contributed by atoms with Gasteiger partial charge in [-0.2, -0.15) is 0 Å². The van der Waals surface area contributed by atoms with Gasteiger partial charge < -0.3 is 10.1 Å². The van der Waals surface area contributed by atoms with E-state index in [1.807, 2.05) is 32.0 Å². The van der Waals surface area contributed by atoms with E-state index >= 15 is 0 Å². The van der Waals surface area contributed by atoms with E-state index in [1.54, 1.807) is 18.3 Å². The molecule has 6 heteroatoms. The van der Waals surface area contributed by atoms with Gasteiger partial charge in [-0.05, 0) is 43.7 Å². The summed E-state index contributed by atoms with van der Waals surface area (Å²) in [6.07, 6.45) is -2.94. The summed E-state index contributed by atoms with van der Waals surface area (Å²) in [7, 11) is 0. The van der Waals surface area contributed by atoms with Gasteiger partial charge >= 0.3 is 6.36 Å². The van der Waals surface area contributed by atoms with Gasteiger partial charge in [-0.15, -0.1) is 13.2 Å². The molecule has 2 atom stereocenters. The molecule has 1 aromatic heterocycles. The molecule has 0 aliphatic heterocycles. The Bertz CT molecular complexity index is 585. The number of ether oxygens (including phenoxy) is 1. The average molecular weight is 310 g/mol. The molecule has 0 saturated carbocycles. The predicted octanol–water partition coefficient (Wildman–Crippen LogP) is 4.39.